The zero-order chi connectivity index (χ0) is 15.4. The summed E-state index contributed by atoms with van der Waals surface area (Å²) in [5, 5.41) is 4.06. The number of nitrogens with one attached hydrogen (secondary N) is 1. The lowest BCUT2D eigenvalue weighted by molar-refractivity contribution is -0.141. The van der Waals surface area contributed by atoms with Crippen molar-refractivity contribution < 1.29 is 9.53 Å². The van der Waals surface area contributed by atoms with Crippen LogP contribution in [-0.4, -0.2) is 43.2 Å². The molecule has 3 rings (SSSR count). The Bertz CT molecular complexity index is 517. The highest BCUT2D eigenvalue weighted by Crippen LogP contribution is 2.25. The van der Waals surface area contributed by atoms with Crippen molar-refractivity contribution in [2.45, 2.75) is 37.8 Å². The van der Waals surface area contributed by atoms with Crippen LogP contribution in [0.4, 0.5) is 0 Å². The van der Waals surface area contributed by atoms with Gasteiger partial charge in [-0.05, 0) is 30.5 Å². The summed E-state index contributed by atoms with van der Waals surface area (Å²) in [6, 6.07) is 7.80. The molecule has 0 radical (unpaired) electrons. The van der Waals surface area contributed by atoms with E-state index in [0.717, 1.165) is 31.5 Å². The Balaban J connectivity index is 1.65. The molecule has 1 aliphatic carbocycles. The number of nitrogens with zero attached hydrogens (tertiary/aromatic N) is 1. The van der Waals surface area contributed by atoms with Crippen molar-refractivity contribution in [1.29, 1.82) is 0 Å². The maximum Gasteiger partial charge on any atom is 0.249 e. The van der Waals surface area contributed by atoms with E-state index in [1.54, 1.807) is 0 Å². The van der Waals surface area contributed by atoms with Crippen LogP contribution in [-0.2, 0) is 9.53 Å². The molecule has 1 saturated carbocycles. The standard InChI is InChI=1S/C17H23ClN2O2/c18-14-5-3-4-13(10-14)16-11-19-8-9-20(16)17(21)12-22-15-6-1-2-7-15/h3-5,10,15-16,19H,1-2,6-9,11-12H2. The zero-order valence-corrected chi connectivity index (χ0v) is 13.5. The maximum atomic E-state index is 12.6. The number of rotatable bonds is 4. The first-order valence-corrected chi connectivity index (χ1v) is 8.49. The van der Waals surface area contributed by atoms with Crippen molar-refractivity contribution in [3.63, 3.8) is 0 Å². The SMILES string of the molecule is O=C(COC1CCCC1)N1CCNCC1c1cccc(Cl)c1. The van der Waals surface area contributed by atoms with Gasteiger partial charge in [-0.3, -0.25) is 4.79 Å². The molecular formula is C17H23ClN2O2. The molecule has 22 heavy (non-hydrogen) atoms. The molecular weight excluding hydrogens is 300 g/mol. The van der Waals surface area contributed by atoms with Crippen LogP contribution in [0.2, 0.25) is 5.02 Å². The summed E-state index contributed by atoms with van der Waals surface area (Å²) in [5.74, 6) is 0.0818. The van der Waals surface area contributed by atoms with Gasteiger partial charge < -0.3 is 15.0 Å². The summed E-state index contributed by atoms with van der Waals surface area (Å²) in [6.45, 7) is 2.49. The Kier molecular flexibility index (Phi) is 5.34. The van der Waals surface area contributed by atoms with E-state index in [0.29, 0.717) is 11.6 Å². The van der Waals surface area contributed by atoms with Gasteiger partial charge in [-0.25, -0.2) is 0 Å². The van der Waals surface area contributed by atoms with Gasteiger partial charge in [0.1, 0.15) is 6.61 Å². The molecule has 5 heteroatoms. The molecule has 1 aliphatic heterocycles. The van der Waals surface area contributed by atoms with Gasteiger partial charge in [-0.1, -0.05) is 36.6 Å². The van der Waals surface area contributed by atoms with Gasteiger partial charge in [0.25, 0.3) is 0 Å². The molecule has 0 aromatic heterocycles. The first-order valence-electron chi connectivity index (χ1n) is 8.11. The Labute approximate surface area is 136 Å². The smallest absolute Gasteiger partial charge is 0.249 e. The van der Waals surface area contributed by atoms with Crippen LogP contribution in [0.3, 0.4) is 0 Å². The lowest BCUT2D eigenvalue weighted by Crippen LogP contribution is -2.50. The van der Waals surface area contributed by atoms with Gasteiger partial charge in [0.05, 0.1) is 12.1 Å². The Morgan fingerprint density at radius 2 is 2.18 bits per heavy atom. The molecule has 1 atom stereocenters. The van der Waals surface area contributed by atoms with Crippen molar-refractivity contribution in [2.24, 2.45) is 0 Å². The van der Waals surface area contributed by atoms with E-state index in [4.69, 9.17) is 16.3 Å². The number of hydrogen-bond acceptors (Lipinski definition) is 3. The summed E-state index contributed by atoms with van der Waals surface area (Å²) in [5.41, 5.74) is 1.08. The molecule has 0 spiro atoms. The quantitative estimate of drug-likeness (QED) is 0.926. The molecule has 120 valence electrons. The Morgan fingerprint density at radius 1 is 1.36 bits per heavy atom. The van der Waals surface area contributed by atoms with Gasteiger partial charge in [-0.15, -0.1) is 0 Å². The highest BCUT2D eigenvalue weighted by atomic mass is 35.5. The molecule has 1 unspecified atom stereocenters. The molecule has 1 aromatic carbocycles. The minimum Gasteiger partial charge on any atom is -0.368 e. The third kappa shape index (κ3) is 3.80. The number of carbonyl (C=O) groups is 1. The second-order valence-corrected chi connectivity index (χ2v) is 6.52. The van der Waals surface area contributed by atoms with E-state index in [-0.39, 0.29) is 24.7 Å². The molecule has 1 saturated heterocycles. The first kappa shape index (κ1) is 15.8. The third-order valence-corrected chi connectivity index (χ3v) is 4.78. The number of piperazine rings is 1. The normalized spacial score (nSPS) is 23.0. The third-order valence-electron chi connectivity index (χ3n) is 4.54. The average Bonchev–Trinajstić information content (AvgIpc) is 3.06. The van der Waals surface area contributed by atoms with E-state index in [2.05, 4.69) is 5.32 Å². The van der Waals surface area contributed by atoms with Crippen LogP contribution >= 0.6 is 11.6 Å². The lowest BCUT2D eigenvalue weighted by atomic mass is 10.0. The van der Waals surface area contributed by atoms with Crippen molar-refractivity contribution >= 4 is 17.5 Å². The van der Waals surface area contributed by atoms with Crippen LogP contribution in [0.1, 0.15) is 37.3 Å². The summed E-state index contributed by atoms with van der Waals surface area (Å²) in [6.07, 6.45) is 4.89. The molecule has 2 aliphatic rings. The van der Waals surface area contributed by atoms with Crippen molar-refractivity contribution in [2.75, 3.05) is 26.2 Å². The van der Waals surface area contributed by atoms with E-state index < -0.39 is 0 Å². The van der Waals surface area contributed by atoms with Gasteiger partial charge in [0.15, 0.2) is 0 Å². The summed E-state index contributed by atoms with van der Waals surface area (Å²) < 4.78 is 5.79. The summed E-state index contributed by atoms with van der Waals surface area (Å²) >= 11 is 6.09. The second kappa shape index (κ2) is 7.44. The van der Waals surface area contributed by atoms with E-state index in [1.165, 1.54) is 12.8 Å². The molecule has 4 nitrogen and oxygen atoms in total. The van der Waals surface area contributed by atoms with Crippen LogP contribution in [0, 0.1) is 0 Å². The predicted octanol–water partition coefficient (Wildman–Crippen LogP) is 2.77. The molecule has 1 amide bonds. The van der Waals surface area contributed by atoms with Gasteiger partial charge in [0, 0.05) is 24.7 Å². The van der Waals surface area contributed by atoms with Crippen molar-refractivity contribution in [1.82, 2.24) is 10.2 Å². The molecule has 1 N–H and O–H groups in total. The van der Waals surface area contributed by atoms with E-state index in [1.807, 2.05) is 29.2 Å². The molecule has 2 fully saturated rings. The van der Waals surface area contributed by atoms with E-state index >= 15 is 0 Å². The predicted molar refractivity (Wildman–Crippen MR) is 87.0 cm³/mol. The number of halogens is 1. The van der Waals surface area contributed by atoms with Crippen LogP contribution < -0.4 is 5.32 Å². The number of carbonyl (C=O) groups excluding carboxylic acids is 1. The summed E-state index contributed by atoms with van der Waals surface area (Å²) in [4.78, 5) is 14.5. The van der Waals surface area contributed by atoms with Crippen LogP contribution in [0.25, 0.3) is 0 Å². The zero-order valence-electron chi connectivity index (χ0n) is 12.8. The molecule has 1 heterocycles. The van der Waals surface area contributed by atoms with E-state index in [9.17, 15) is 4.79 Å². The lowest BCUT2D eigenvalue weighted by Gasteiger charge is -2.36. The van der Waals surface area contributed by atoms with Crippen LogP contribution in [0.5, 0.6) is 0 Å². The highest BCUT2D eigenvalue weighted by molar-refractivity contribution is 6.30. The van der Waals surface area contributed by atoms with Crippen LogP contribution in [0.15, 0.2) is 24.3 Å². The van der Waals surface area contributed by atoms with Gasteiger partial charge in [-0.2, -0.15) is 0 Å². The minimum absolute atomic E-state index is 0.0344. The topological polar surface area (TPSA) is 41.6 Å². The van der Waals surface area contributed by atoms with Crippen molar-refractivity contribution in [3.8, 4) is 0 Å². The van der Waals surface area contributed by atoms with Gasteiger partial charge in [0.2, 0.25) is 5.91 Å². The average molecular weight is 323 g/mol. The molecule has 1 aromatic rings. The highest BCUT2D eigenvalue weighted by Gasteiger charge is 2.28. The summed E-state index contributed by atoms with van der Waals surface area (Å²) in [7, 11) is 0. The van der Waals surface area contributed by atoms with Crippen molar-refractivity contribution in [3.05, 3.63) is 34.9 Å². The van der Waals surface area contributed by atoms with Gasteiger partial charge >= 0.3 is 0 Å². The largest absolute Gasteiger partial charge is 0.368 e. The number of benzene rings is 1. The fourth-order valence-corrected chi connectivity index (χ4v) is 3.54. The Hall–Kier alpha value is -1.10. The molecule has 0 bridgehead atoms. The minimum atomic E-state index is 0.0344. The second-order valence-electron chi connectivity index (χ2n) is 6.08. The fraction of sp³-hybridized carbons (Fsp3) is 0.588. The monoisotopic (exact) mass is 322 g/mol. The number of ether oxygens (including phenoxy) is 1. The maximum absolute atomic E-state index is 12.6. The number of hydrogen-bond donors (Lipinski definition) is 1. The Morgan fingerprint density at radius 3 is 2.95 bits per heavy atom. The first-order chi connectivity index (χ1) is 10.7. The number of amides is 1. The fourth-order valence-electron chi connectivity index (χ4n) is 3.34.